The number of aromatic nitrogens is 2. The summed E-state index contributed by atoms with van der Waals surface area (Å²) in [6.45, 7) is 4.02. The van der Waals surface area contributed by atoms with Gasteiger partial charge in [-0.3, -0.25) is 0 Å². The summed E-state index contributed by atoms with van der Waals surface area (Å²) in [5.41, 5.74) is 5.06. The van der Waals surface area contributed by atoms with Gasteiger partial charge < -0.3 is 10.1 Å². The number of H-pyrrole nitrogens is 1. The minimum absolute atomic E-state index is 0.251. The molecule has 0 fully saturated rings. The van der Waals surface area contributed by atoms with E-state index >= 15 is 0 Å². The van der Waals surface area contributed by atoms with Crippen LogP contribution in [0.15, 0.2) is 48.5 Å². The molecule has 0 saturated heterocycles. The van der Waals surface area contributed by atoms with E-state index in [1.807, 2.05) is 50.2 Å². The molecular formula is C17H16N2O. The molecule has 0 aliphatic rings. The highest BCUT2D eigenvalue weighted by Crippen LogP contribution is 2.29. The molecule has 100 valence electrons. The summed E-state index contributed by atoms with van der Waals surface area (Å²) in [5.74, 6) is 1.04. The van der Waals surface area contributed by atoms with Gasteiger partial charge >= 0.3 is 0 Å². The average Bonchev–Trinajstić information content (AvgIpc) is 2.84. The smallest absolute Gasteiger partial charge is 0.138 e. The fourth-order valence-electron chi connectivity index (χ4n) is 2.33. The van der Waals surface area contributed by atoms with Crippen LogP contribution in [0, 0.1) is 13.8 Å². The van der Waals surface area contributed by atoms with Crippen molar-refractivity contribution in [3.8, 4) is 28.4 Å². The van der Waals surface area contributed by atoms with Crippen LogP contribution in [0.25, 0.3) is 22.6 Å². The lowest BCUT2D eigenvalue weighted by Gasteiger charge is -2.02. The number of phenols is 1. The molecule has 0 spiro atoms. The summed E-state index contributed by atoms with van der Waals surface area (Å²) in [7, 11) is 0. The Morgan fingerprint density at radius 1 is 1.00 bits per heavy atom. The first-order valence-corrected chi connectivity index (χ1v) is 6.57. The zero-order valence-electron chi connectivity index (χ0n) is 11.5. The molecule has 0 amide bonds. The number of benzene rings is 2. The number of hydrogen-bond donors (Lipinski definition) is 2. The number of aromatic hydroxyl groups is 1. The van der Waals surface area contributed by atoms with Crippen LogP contribution in [-0.4, -0.2) is 15.1 Å². The van der Waals surface area contributed by atoms with E-state index in [0.29, 0.717) is 0 Å². The Balaban J connectivity index is 2.11. The molecule has 3 heteroatoms. The fraction of sp³-hybridized carbons (Fsp3) is 0.118. The van der Waals surface area contributed by atoms with Crippen molar-refractivity contribution < 1.29 is 5.11 Å². The Labute approximate surface area is 117 Å². The molecule has 3 aromatic rings. The minimum atomic E-state index is 0.251. The monoisotopic (exact) mass is 264 g/mol. The molecule has 2 aromatic carbocycles. The topological polar surface area (TPSA) is 48.9 Å². The second-order valence-electron chi connectivity index (χ2n) is 4.92. The first-order chi connectivity index (χ1) is 9.65. The zero-order valence-corrected chi connectivity index (χ0v) is 11.5. The number of rotatable bonds is 2. The van der Waals surface area contributed by atoms with Gasteiger partial charge in [-0.05, 0) is 31.5 Å². The SMILES string of the molecule is Cc1ccc(O)cc1-c1nc(-c2ccccc2)c(C)[nH]1. The zero-order chi connectivity index (χ0) is 14.1. The van der Waals surface area contributed by atoms with Crippen molar-refractivity contribution in [2.75, 3.05) is 0 Å². The summed E-state index contributed by atoms with van der Waals surface area (Å²) < 4.78 is 0. The molecule has 3 rings (SSSR count). The molecule has 2 N–H and O–H groups in total. The Morgan fingerprint density at radius 3 is 2.50 bits per heavy atom. The maximum Gasteiger partial charge on any atom is 0.138 e. The minimum Gasteiger partial charge on any atom is -0.508 e. The molecular weight excluding hydrogens is 248 g/mol. The van der Waals surface area contributed by atoms with E-state index in [9.17, 15) is 5.11 Å². The molecule has 0 aliphatic carbocycles. The quantitative estimate of drug-likeness (QED) is 0.733. The highest BCUT2D eigenvalue weighted by molar-refractivity contribution is 5.69. The van der Waals surface area contributed by atoms with Crippen molar-refractivity contribution in [1.29, 1.82) is 0 Å². The Hall–Kier alpha value is -2.55. The fourth-order valence-corrected chi connectivity index (χ4v) is 2.33. The van der Waals surface area contributed by atoms with Gasteiger partial charge in [0.15, 0.2) is 0 Å². The number of aromatic amines is 1. The molecule has 0 saturated carbocycles. The van der Waals surface area contributed by atoms with Gasteiger partial charge in [-0.2, -0.15) is 0 Å². The molecule has 0 radical (unpaired) electrons. The van der Waals surface area contributed by atoms with Crippen LogP contribution in [0.5, 0.6) is 5.75 Å². The molecule has 1 aromatic heterocycles. The molecule has 3 nitrogen and oxygen atoms in total. The normalized spacial score (nSPS) is 10.7. The number of hydrogen-bond acceptors (Lipinski definition) is 2. The van der Waals surface area contributed by atoms with Gasteiger partial charge in [-0.25, -0.2) is 4.98 Å². The third-order valence-corrected chi connectivity index (χ3v) is 3.41. The van der Waals surface area contributed by atoms with Gasteiger partial charge in [0.25, 0.3) is 0 Å². The van der Waals surface area contributed by atoms with Gasteiger partial charge in [0.05, 0.1) is 5.69 Å². The van der Waals surface area contributed by atoms with Crippen molar-refractivity contribution in [2.24, 2.45) is 0 Å². The van der Waals surface area contributed by atoms with E-state index in [-0.39, 0.29) is 5.75 Å². The van der Waals surface area contributed by atoms with Crippen LogP contribution in [0.3, 0.4) is 0 Å². The number of nitrogens with zero attached hydrogens (tertiary/aromatic N) is 1. The van der Waals surface area contributed by atoms with Crippen LogP contribution in [0.4, 0.5) is 0 Å². The van der Waals surface area contributed by atoms with E-state index in [0.717, 1.165) is 33.9 Å². The van der Waals surface area contributed by atoms with Crippen LogP contribution in [-0.2, 0) is 0 Å². The largest absolute Gasteiger partial charge is 0.508 e. The lowest BCUT2D eigenvalue weighted by atomic mass is 10.1. The lowest BCUT2D eigenvalue weighted by Crippen LogP contribution is -1.85. The molecule has 0 aliphatic heterocycles. The van der Waals surface area contributed by atoms with Gasteiger partial charge in [0.2, 0.25) is 0 Å². The van der Waals surface area contributed by atoms with Crippen LogP contribution in [0.2, 0.25) is 0 Å². The molecule has 1 heterocycles. The van der Waals surface area contributed by atoms with Crippen LogP contribution >= 0.6 is 0 Å². The Bertz CT molecular complexity index is 745. The summed E-state index contributed by atoms with van der Waals surface area (Å²) in [5, 5.41) is 9.65. The maximum absolute atomic E-state index is 9.65. The Kier molecular flexibility index (Phi) is 3.03. The second-order valence-corrected chi connectivity index (χ2v) is 4.92. The summed E-state index contributed by atoms with van der Waals surface area (Å²) in [4.78, 5) is 7.99. The molecule has 20 heavy (non-hydrogen) atoms. The van der Waals surface area contributed by atoms with Crippen molar-refractivity contribution in [3.63, 3.8) is 0 Å². The summed E-state index contributed by atoms with van der Waals surface area (Å²) in [6, 6.07) is 15.4. The van der Waals surface area contributed by atoms with Gasteiger partial charge in [-0.15, -0.1) is 0 Å². The predicted octanol–water partition coefficient (Wildman–Crippen LogP) is 4.07. The van der Waals surface area contributed by atoms with E-state index in [2.05, 4.69) is 9.97 Å². The van der Waals surface area contributed by atoms with E-state index < -0.39 is 0 Å². The standard InChI is InChI=1S/C17H16N2O/c1-11-8-9-14(20)10-15(11)17-18-12(2)16(19-17)13-6-4-3-5-7-13/h3-10,20H,1-2H3,(H,18,19). The van der Waals surface area contributed by atoms with Crippen molar-refractivity contribution >= 4 is 0 Å². The maximum atomic E-state index is 9.65. The first-order valence-electron chi connectivity index (χ1n) is 6.57. The van der Waals surface area contributed by atoms with Crippen molar-refractivity contribution in [1.82, 2.24) is 9.97 Å². The second kappa shape index (κ2) is 4.85. The lowest BCUT2D eigenvalue weighted by molar-refractivity contribution is 0.475. The van der Waals surface area contributed by atoms with Gasteiger partial charge in [0, 0.05) is 16.8 Å². The highest BCUT2D eigenvalue weighted by atomic mass is 16.3. The predicted molar refractivity (Wildman–Crippen MR) is 80.6 cm³/mol. The number of nitrogens with one attached hydrogen (secondary N) is 1. The third kappa shape index (κ3) is 2.18. The average molecular weight is 264 g/mol. The van der Waals surface area contributed by atoms with Crippen molar-refractivity contribution in [2.45, 2.75) is 13.8 Å². The molecule has 0 unspecified atom stereocenters. The van der Waals surface area contributed by atoms with Crippen molar-refractivity contribution in [3.05, 3.63) is 59.8 Å². The van der Waals surface area contributed by atoms with Gasteiger partial charge in [-0.1, -0.05) is 36.4 Å². The van der Waals surface area contributed by atoms with Gasteiger partial charge in [0.1, 0.15) is 11.6 Å². The summed E-state index contributed by atoms with van der Waals surface area (Å²) in [6.07, 6.45) is 0. The number of imidazole rings is 1. The van der Waals surface area contributed by atoms with Crippen LogP contribution in [0.1, 0.15) is 11.3 Å². The number of aryl methyl sites for hydroxylation is 2. The molecule has 0 atom stereocenters. The number of phenolic OH excluding ortho intramolecular Hbond substituents is 1. The van der Waals surface area contributed by atoms with E-state index in [1.165, 1.54) is 0 Å². The Morgan fingerprint density at radius 2 is 1.75 bits per heavy atom. The molecule has 0 bridgehead atoms. The summed E-state index contributed by atoms with van der Waals surface area (Å²) >= 11 is 0. The highest BCUT2D eigenvalue weighted by Gasteiger charge is 2.12. The van der Waals surface area contributed by atoms with E-state index in [1.54, 1.807) is 12.1 Å². The first kappa shape index (κ1) is 12.5. The van der Waals surface area contributed by atoms with E-state index in [4.69, 9.17) is 0 Å². The van der Waals surface area contributed by atoms with Crippen LogP contribution < -0.4 is 0 Å². The third-order valence-electron chi connectivity index (χ3n) is 3.41.